The summed E-state index contributed by atoms with van der Waals surface area (Å²) in [7, 11) is 1.90. The topological polar surface area (TPSA) is 42.3 Å². The first-order chi connectivity index (χ1) is 11.2. The van der Waals surface area contributed by atoms with E-state index in [1.165, 1.54) is 11.0 Å². The number of aryl methyl sites for hydroxylation is 1. The highest BCUT2D eigenvalue weighted by molar-refractivity contribution is 6.43. The van der Waals surface area contributed by atoms with Gasteiger partial charge in [0.25, 0.3) is 11.8 Å². The van der Waals surface area contributed by atoms with Gasteiger partial charge in [0.2, 0.25) is 0 Å². The van der Waals surface area contributed by atoms with Crippen molar-refractivity contribution in [1.82, 2.24) is 4.57 Å². The summed E-state index contributed by atoms with van der Waals surface area (Å²) in [6.07, 6.45) is 1.42. The van der Waals surface area contributed by atoms with Crippen molar-refractivity contribution in [3.63, 3.8) is 0 Å². The van der Waals surface area contributed by atoms with Crippen molar-refractivity contribution in [1.29, 1.82) is 0 Å². The summed E-state index contributed by atoms with van der Waals surface area (Å²) in [6.45, 7) is 0. The summed E-state index contributed by atoms with van der Waals surface area (Å²) >= 11 is 0. The highest BCUT2D eigenvalue weighted by atomic mass is 16.2. The molecule has 0 unspecified atom stereocenters. The summed E-state index contributed by atoms with van der Waals surface area (Å²) in [5.41, 5.74) is 2.80. The van der Waals surface area contributed by atoms with Crippen LogP contribution in [0.15, 0.2) is 66.7 Å². The van der Waals surface area contributed by atoms with Crippen molar-refractivity contribution < 1.29 is 9.59 Å². The van der Waals surface area contributed by atoms with Crippen LogP contribution in [0.2, 0.25) is 0 Å². The second-order valence-corrected chi connectivity index (χ2v) is 5.52. The molecule has 1 aliphatic rings. The molecule has 4 nitrogen and oxygen atoms in total. The number of imide groups is 1. The van der Waals surface area contributed by atoms with Crippen LogP contribution in [0.1, 0.15) is 5.69 Å². The molecule has 0 radical (unpaired) electrons. The van der Waals surface area contributed by atoms with Crippen molar-refractivity contribution in [2.24, 2.45) is 7.05 Å². The second kappa shape index (κ2) is 4.95. The number of nitrogens with zero attached hydrogens (tertiary/aromatic N) is 2. The zero-order chi connectivity index (χ0) is 16.0. The Kier molecular flexibility index (Phi) is 2.91. The molecule has 3 aromatic rings. The first kappa shape index (κ1) is 13.5. The van der Waals surface area contributed by atoms with E-state index in [4.69, 9.17) is 0 Å². The average molecular weight is 302 g/mol. The minimum absolute atomic E-state index is 0.285. The van der Waals surface area contributed by atoms with E-state index in [0.29, 0.717) is 11.3 Å². The van der Waals surface area contributed by atoms with Crippen LogP contribution in [0.3, 0.4) is 0 Å². The van der Waals surface area contributed by atoms with Crippen molar-refractivity contribution in [3.8, 4) is 0 Å². The Morgan fingerprint density at radius 2 is 1.57 bits per heavy atom. The Morgan fingerprint density at radius 1 is 0.870 bits per heavy atom. The number of amides is 2. The quantitative estimate of drug-likeness (QED) is 0.683. The first-order valence-electron chi connectivity index (χ1n) is 7.37. The number of fused-ring (bicyclic) bond motifs is 1. The number of aromatic nitrogens is 1. The van der Waals surface area contributed by atoms with Gasteiger partial charge in [0.15, 0.2) is 0 Å². The average Bonchev–Trinajstić information content (AvgIpc) is 3.05. The van der Waals surface area contributed by atoms with Gasteiger partial charge in [-0.25, -0.2) is 4.90 Å². The van der Waals surface area contributed by atoms with Gasteiger partial charge in [0.1, 0.15) is 0 Å². The maximum Gasteiger partial charge on any atom is 0.267 e. The van der Waals surface area contributed by atoms with Gasteiger partial charge in [-0.3, -0.25) is 9.59 Å². The molecule has 23 heavy (non-hydrogen) atoms. The van der Waals surface area contributed by atoms with Gasteiger partial charge in [0, 0.05) is 24.0 Å². The highest BCUT2D eigenvalue weighted by Crippen LogP contribution is 2.31. The van der Waals surface area contributed by atoms with E-state index in [1.807, 2.05) is 60.1 Å². The maximum absolute atomic E-state index is 12.8. The van der Waals surface area contributed by atoms with E-state index in [-0.39, 0.29) is 11.8 Å². The van der Waals surface area contributed by atoms with Crippen molar-refractivity contribution in [2.45, 2.75) is 0 Å². The maximum atomic E-state index is 12.8. The van der Waals surface area contributed by atoms with Crippen LogP contribution >= 0.6 is 0 Å². The zero-order valence-electron chi connectivity index (χ0n) is 12.6. The molecular formula is C19H14N2O2. The fraction of sp³-hybridized carbons (Fsp3) is 0.0526. The molecular weight excluding hydrogens is 288 g/mol. The molecule has 1 aliphatic heterocycles. The molecule has 4 heteroatoms. The van der Waals surface area contributed by atoms with Gasteiger partial charge in [-0.1, -0.05) is 36.4 Å². The van der Waals surface area contributed by atoms with Crippen LogP contribution in [0, 0.1) is 0 Å². The monoisotopic (exact) mass is 302 g/mol. The first-order valence-corrected chi connectivity index (χ1v) is 7.37. The van der Waals surface area contributed by atoms with Crippen LogP contribution in [0.4, 0.5) is 5.69 Å². The van der Waals surface area contributed by atoms with Gasteiger partial charge in [-0.15, -0.1) is 0 Å². The smallest absolute Gasteiger partial charge is 0.267 e. The third-order valence-electron chi connectivity index (χ3n) is 4.16. The second-order valence-electron chi connectivity index (χ2n) is 5.52. The van der Waals surface area contributed by atoms with Gasteiger partial charge >= 0.3 is 0 Å². The molecule has 2 amide bonds. The number of rotatable bonds is 2. The van der Waals surface area contributed by atoms with Crippen LogP contribution in [0.5, 0.6) is 0 Å². The fourth-order valence-corrected chi connectivity index (χ4v) is 3.02. The van der Waals surface area contributed by atoms with Crippen molar-refractivity contribution in [3.05, 3.63) is 72.4 Å². The summed E-state index contributed by atoms with van der Waals surface area (Å²) in [5.74, 6) is -0.589. The summed E-state index contributed by atoms with van der Waals surface area (Å²) in [5, 5.41) is 1.05. The molecule has 0 spiro atoms. The summed E-state index contributed by atoms with van der Waals surface area (Å²) in [6, 6.07) is 18.8. The molecule has 112 valence electrons. The lowest BCUT2D eigenvalue weighted by Crippen LogP contribution is -2.30. The van der Waals surface area contributed by atoms with Gasteiger partial charge in [0.05, 0.1) is 17.0 Å². The lowest BCUT2D eigenvalue weighted by molar-refractivity contribution is -0.119. The molecule has 0 aliphatic carbocycles. The lowest BCUT2D eigenvalue weighted by Gasteiger charge is -2.14. The number of carbonyl (C=O) groups is 2. The fourth-order valence-electron chi connectivity index (χ4n) is 3.02. The SMILES string of the molecule is Cn1c(C2=CC(=O)N(c3ccccc3)C2=O)cc2ccccc21. The molecule has 0 saturated carbocycles. The van der Waals surface area contributed by atoms with E-state index < -0.39 is 0 Å². The highest BCUT2D eigenvalue weighted by Gasteiger charge is 2.34. The van der Waals surface area contributed by atoms with Crippen LogP contribution in [0.25, 0.3) is 16.5 Å². The predicted octanol–water partition coefficient (Wildman–Crippen LogP) is 3.14. The van der Waals surface area contributed by atoms with E-state index in [2.05, 4.69) is 0 Å². The molecule has 0 N–H and O–H groups in total. The molecule has 0 bridgehead atoms. The number of carbonyl (C=O) groups excluding carboxylic acids is 2. The van der Waals surface area contributed by atoms with E-state index in [9.17, 15) is 9.59 Å². The number of benzene rings is 2. The molecule has 2 heterocycles. The predicted molar refractivity (Wildman–Crippen MR) is 89.8 cm³/mol. The van der Waals surface area contributed by atoms with Crippen LogP contribution < -0.4 is 4.90 Å². The van der Waals surface area contributed by atoms with Crippen LogP contribution in [-0.2, 0) is 16.6 Å². The number of anilines is 1. The zero-order valence-corrected chi connectivity index (χ0v) is 12.6. The minimum Gasteiger partial charge on any atom is -0.343 e. The molecule has 0 saturated heterocycles. The summed E-state index contributed by atoms with van der Waals surface area (Å²) < 4.78 is 1.95. The van der Waals surface area contributed by atoms with Crippen molar-refractivity contribution in [2.75, 3.05) is 4.90 Å². The molecule has 1 aromatic heterocycles. The molecule has 0 fully saturated rings. The van der Waals surface area contributed by atoms with Gasteiger partial charge < -0.3 is 4.57 Å². The number of hydrogen-bond acceptors (Lipinski definition) is 2. The minimum atomic E-state index is -0.304. The van der Waals surface area contributed by atoms with Gasteiger partial charge in [-0.2, -0.15) is 0 Å². The van der Waals surface area contributed by atoms with E-state index >= 15 is 0 Å². The normalized spacial score (nSPS) is 14.7. The Hall–Kier alpha value is -3.14. The molecule has 0 atom stereocenters. The van der Waals surface area contributed by atoms with E-state index in [1.54, 1.807) is 12.1 Å². The van der Waals surface area contributed by atoms with Crippen molar-refractivity contribution >= 4 is 34.0 Å². The Bertz CT molecular complexity index is 967. The Labute approximate surface area is 133 Å². The largest absolute Gasteiger partial charge is 0.343 e. The standard InChI is InChI=1S/C19H14N2O2/c1-20-16-10-6-5-7-13(16)11-17(20)15-12-18(22)21(19(15)23)14-8-3-2-4-9-14/h2-12H,1H3. The van der Waals surface area contributed by atoms with Crippen LogP contribution in [-0.4, -0.2) is 16.4 Å². The van der Waals surface area contributed by atoms with E-state index in [0.717, 1.165) is 16.6 Å². The lowest BCUT2D eigenvalue weighted by atomic mass is 10.1. The molecule has 2 aromatic carbocycles. The number of para-hydroxylation sites is 2. The Morgan fingerprint density at radius 3 is 2.30 bits per heavy atom. The molecule has 4 rings (SSSR count). The Balaban J connectivity index is 1.81. The van der Waals surface area contributed by atoms with Gasteiger partial charge in [-0.05, 0) is 24.3 Å². The number of hydrogen-bond donors (Lipinski definition) is 0. The summed E-state index contributed by atoms with van der Waals surface area (Å²) in [4.78, 5) is 26.3. The third kappa shape index (κ3) is 1.99. The third-order valence-corrected chi connectivity index (χ3v) is 4.16.